The molecule has 0 saturated heterocycles. The van der Waals surface area contributed by atoms with Gasteiger partial charge in [0.05, 0.1) is 12.5 Å². The highest BCUT2D eigenvalue weighted by atomic mass is 16.5. The van der Waals surface area contributed by atoms with Gasteiger partial charge in [-0.3, -0.25) is 9.59 Å². The van der Waals surface area contributed by atoms with Crippen LogP contribution in [0.3, 0.4) is 0 Å². The second-order valence-corrected chi connectivity index (χ2v) is 7.24. The fraction of sp³-hybridized carbons (Fsp3) is 0.778. The van der Waals surface area contributed by atoms with Gasteiger partial charge in [-0.25, -0.2) is 0 Å². The Kier molecular flexibility index (Phi) is 4.32. The van der Waals surface area contributed by atoms with Crippen LogP contribution in [0.15, 0.2) is 11.6 Å². The first-order chi connectivity index (χ1) is 9.79. The van der Waals surface area contributed by atoms with Crippen LogP contribution in [0.5, 0.6) is 0 Å². The van der Waals surface area contributed by atoms with Crippen LogP contribution in [-0.2, 0) is 14.3 Å². The Labute approximate surface area is 128 Å². The number of carbonyl (C=O) groups excluding carboxylic acids is 2. The van der Waals surface area contributed by atoms with Crippen molar-refractivity contribution in [3.8, 4) is 0 Å². The van der Waals surface area contributed by atoms with Crippen molar-refractivity contribution in [2.45, 2.75) is 60.3 Å². The molecule has 21 heavy (non-hydrogen) atoms. The van der Waals surface area contributed by atoms with E-state index >= 15 is 0 Å². The molecule has 0 aliphatic heterocycles. The summed E-state index contributed by atoms with van der Waals surface area (Å²) in [5, 5.41) is 0. The highest BCUT2D eigenvalue weighted by molar-refractivity contribution is 6.05. The second-order valence-electron chi connectivity index (χ2n) is 7.24. The van der Waals surface area contributed by atoms with Gasteiger partial charge in [0.25, 0.3) is 0 Å². The molecule has 3 nitrogen and oxygen atoms in total. The van der Waals surface area contributed by atoms with Gasteiger partial charge in [-0.15, -0.1) is 0 Å². The summed E-state index contributed by atoms with van der Waals surface area (Å²) in [4.78, 5) is 24.9. The predicted octanol–water partition coefficient (Wildman–Crippen LogP) is 3.92. The number of hydrogen-bond donors (Lipinski definition) is 0. The topological polar surface area (TPSA) is 43.4 Å². The van der Waals surface area contributed by atoms with Crippen LogP contribution in [0.4, 0.5) is 0 Å². The zero-order valence-electron chi connectivity index (χ0n) is 14.0. The van der Waals surface area contributed by atoms with Gasteiger partial charge in [-0.2, -0.15) is 0 Å². The van der Waals surface area contributed by atoms with E-state index in [1.54, 1.807) is 0 Å². The van der Waals surface area contributed by atoms with Gasteiger partial charge in [0, 0.05) is 5.41 Å². The van der Waals surface area contributed by atoms with E-state index in [0.717, 1.165) is 31.3 Å². The van der Waals surface area contributed by atoms with E-state index in [-0.39, 0.29) is 28.5 Å². The molecule has 2 fully saturated rings. The number of ether oxygens (including phenoxy) is 1. The average Bonchev–Trinajstić information content (AvgIpc) is 2.72. The highest BCUT2D eigenvalue weighted by Crippen LogP contribution is 2.65. The Morgan fingerprint density at radius 1 is 1.38 bits per heavy atom. The fourth-order valence-corrected chi connectivity index (χ4v) is 4.17. The van der Waals surface area contributed by atoms with Crippen LogP contribution in [0.25, 0.3) is 0 Å². The van der Waals surface area contributed by atoms with Gasteiger partial charge in [-0.05, 0) is 43.1 Å². The molecule has 3 heteroatoms. The first kappa shape index (κ1) is 16.3. The van der Waals surface area contributed by atoms with Gasteiger partial charge < -0.3 is 4.74 Å². The molecule has 0 unspecified atom stereocenters. The van der Waals surface area contributed by atoms with Gasteiger partial charge in [0.2, 0.25) is 0 Å². The van der Waals surface area contributed by atoms with E-state index in [4.69, 9.17) is 4.74 Å². The number of Topliss-reactive ketones (excluding diaryl/α,β-unsaturated/α-hetero) is 1. The summed E-state index contributed by atoms with van der Waals surface area (Å²) in [7, 11) is 0. The molecule has 2 aliphatic carbocycles. The van der Waals surface area contributed by atoms with E-state index in [9.17, 15) is 9.59 Å². The number of rotatable bonds is 5. The lowest BCUT2D eigenvalue weighted by molar-refractivity contribution is -0.146. The summed E-state index contributed by atoms with van der Waals surface area (Å²) in [6.45, 7) is 10.8. The van der Waals surface area contributed by atoms with Crippen molar-refractivity contribution in [1.29, 1.82) is 0 Å². The predicted molar refractivity (Wildman–Crippen MR) is 82.7 cm³/mol. The van der Waals surface area contributed by atoms with Crippen molar-refractivity contribution in [2.75, 3.05) is 6.61 Å². The second kappa shape index (κ2) is 5.58. The molecule has 0 heterocycles. The molecule has 2 bridgehead atoms. The number of allylic oxidation sites excluding steroid dienone is 1. The van der Waals surface area contributed by atoms with Crippen molar-refractivity contribution in [3.05, 3.63) is 11.6 Å². The lowest BCUT2D eigenvalue weighted by Gasteiger charge is -2.31. The third kappa shape index (κ3) is 2.35. The number of carbonyl (C=O) groups is 2. The third-order valence-electron chi connectivity index (χ3n) is 5.93. The monoisotopic (exact) mass is 292 g/mol. The van der Waals surface area contributed by atoms with Crippen molar-refractivity contribution < 1.29 is 14.3 Å². The molecule has 2 saturated carbocycles. The van der Waals surface area contributed by atoms with Crippen LogP contribution in [0, 0.1) is 22.7 Å². The van der Waals surface area contributed by atoms with E-state index < -0.39 is 0 Å². The quantitative estimate of drug-likeness (QED) is 0.570. The minimum Gasteiger partial charge on any atom is -0.466 e. The Bertz CT molecular complexity index is 475. The molecule has 2 aliphatic rings. The van der Waals surface area contributed by atoms with Crippen LogP contribution in [0.1, 0.15) is 60.3 Å². The zero-order valence-corrected chi connectivity index (χ0v) is 14.0. The normalized spacial score (nSPS) is 33.5. The highest BCUT2D eigenvalue weighted by Gasteiger charge is 2.63. The van der Waals surface area contributed by atoms with Crippen molar-refractivity contribution in [3.63, 3.8) is 0 Å². The molecular formula is C18H28O3. The molecular weight excluding hydrogens is 264 g/mol. The lowest BCUT2D eigenvalue weighted by Crippen LogP contribution is -2.32. The summed E-state index contributed by atoms with van der Waals surface area (Å²) < 4.78 is 5.16. The van der Waals surface area contributed by atoms with Crippen LogP contribution in [0.2, 0.25) is 0 Å². The maximum Gasteiger partial charge on any atom is 0.312 e. The summed E-state index contributed by atoms with van der Waals surface area (Å²) in [5.74, 6) is 0.0935. The summed E-state index contributed by atoms with van der Waals surface area (Å²) in [6, 6.07) is 0. The van der Waals surface area contributed by atoms with E-state index in [1.807, 2.05) is 13.0 Å². The van der Waals surface area contributed by atoms with E-state index in [2.05, 4.69) is 27.7 Å². The summed E-state index contributed by atoms with van der Waals surface area (Å²) >= 11 is 0. The maximum absolute atomic E-state index is 12.8. The third-order valence-corrected chi connectivity index (χ3v) is 5.93. The first-order valence-electron chi connectivity index (χ1n) is 8.22. The molecule has 3 atom stereocenters. The van der Waals surface area contributed by atoms with E-state index in [1.165, 1.54) is 0 Å². The SMILES string of the molecule is CCC[C@H](/C=C1/C(=O)[C@]2(C)CC[C@H]1C2(C)C)C(=O)OCC. The van der Waals surface area contributed by atoms with Gasteiger partial charge in [0.1, 0.15) is 0 Å². The largest absolute Gasteiger partial charge is 0.466 e. The van der Waals surface area contributed by atoms with Gasteiger partial charge in [0.15, 0.2) is 5.78 Å². The average molecular weight is 292 g/mol. The number of esters is 1. The Hall–Kier alpha value is -1.12. The standard InChI is InChI=1S/C18H28O3/c1-6-8-12(16(20)21-7-2)11-13-14-9-10-18(5,15(13)19)17(14,3)4/h11-12,14H,6-10H2,1-5H3/b13-11+/t12-,14-,18+/m1/s1. The Morgan fingerprint density at radius 2 is 2.05 bits per heavy atom. The zero-order chi connectivity index (χ0) is 15.8. The van der Waals surface area contributed by atoms with Crippen LogP contribution in [-0.4, -0.2) is 18.4 Å². The van der Waals surface area contributed by atoms with Crippen molar-refractivity contribution >= 4 is 11.8 Å². The Morgan fingerprint density at radius 3 is 2.52 bits per heavy atom. The molecule has 0 spiro atoms. The van der Waals surface area contributed by atoms with Crippen molar-refractivity contribution in [1.82, 2.24) is 0 Å². The summed E-state index contributed by atoms with van der Waals surface area (Å²) in [6.07, 6.45) is 5.62. The Balaban J connectivity index is 2.32. The fourth-order valence-electron chi connectivity index (χ4n) is 4.17. The number of hydrogen-bond acceptors (Lipinski definition) is 3. The van der Waals surface area contributed by atoms with Gasteiger partial charge >= 0.3 is 5.97 Å². The van der Waals surface area contributed by atoms with Crippen LogP contribution >= 0.6 is 0 Å². The molecule has 0 aromatic carbocycles. The van der Waals surface area contributed by atoms with Gasteiger partial charge in [-0.1, -0.05) is 40.2 Å². The summed E-state index contributed by atoms with van der Waals surface area (Å²) in [5.41, 5.74) is 0.635. The lowest BCUT2D eigenvalue weighted by atomic mass is 9.70. The molecule has 118 valence electrons. The maximum atomic E-state index is 12.8. The number of fused-ring (bicyclic) bond motifs is 2. The molecule has 0 amide bonds. The first-order valence-corrected chi connectivity index (χ1v) is 8.22. The van der Waals surface area contributed by atoms with Crippen LogP contribution < -0.4 is 0 Å². The molecule has 0 N–H and O–H groups in total. The minimum absolute atomic E-state index is 0.00133. The van der Waals surface area contributed by atoms with E-state index in [0.29, 0.717) is 12.5 Å². The number of ketones is 1. The molecule has 0 radical (unpaired) electrons. The molecule has 0 aromatic heterocycles. The smallest absolute Gasteiger partial charge is 0.312 e. The minimum atomic E-state index is -0.271. The molecule has 0 aromatic rings. The van der Waals surface area contributed by atoms with Crippen molar-refractivity contribution in [2.24, 2.45) is 22.7 Å². The molecule has 2 rings (SSSR count).